The van der Waals surface area contributed by atoms with Gasteiger partial charge in [0, 0.05) is 22.8 Å². The summed E-state index contributed by atoms with van der Waals surface area (Å²) in [4.78, 5) is 16.7. The second-order valence-electron chi connectivity index (χ2n) is 5.42. The molecule has 0 atom stereocenters. The lowest BCUT2D eigenvalue weighted by atomic mass is 10.2. The Morgan fingerprint density at radius 3 is 2.88 bits per heavy atom. The SMILES string of the molecule is COc1cccc(NC(=O)Cc2csc(-n3nc(C)cc3C)n2)c1. The van der Waals surface area contributed by atoms with E-state index in [1.807, 2.05) is 43.5 Å². The van der Waals surface area contributed by atoms with Crippen molar-refractivity contribution in [1.29, 1.82) is 0 Å². The Labute approximate surface area is 144 Å². The number of aryl methyl sites for hydroxylation is 2. The number of rotatable bonds is 5. The van der Waals surface area contributed by atoms with Crippen molar-refractivity contribution >= 4 is 22.9 Å². The highest BCUT2D eigenvalue weighted by Gasteiger charge is 2.11. The third kappa shape index (κ3) is 3.62. The van der Waals surface area contributed by atoms with E-state index in [4.69, 9.17) is 4.74 Å². The van der Waals surface area contributed by atoms with Gasteiger partial charge in [0.15, 0.2) is 0 Å². The quantitative estimate of drug-likeness (QED) is 0.773. The van der Waals surface area contributed by atoms with Crippen LogP contribution in [0.4, 0.5) is 5.69 Å². The first-order valence-electron chi connectivity index (χ1n) is 7.47. The van der Waals surface area contributed by atoms with Gasteiger partial charge in [0.05, 0.1) is 24.9 Å². The van der Waals surface area contributed by atoms with Crippen LogP contribution >= 0.6 is 11.3 Å². The van der Waals surface area contributed by atoms with Gasteiger partial charge in [0.2, 0.25) is 11.0 Å². The number of methoxy groups -OCH3 is 1. The minimum atomic E-state index is -0.117. The van der Waals surface area contributed by atoms with Crippen LogP contribution in [0.2, 0.25) is 0 Å². The summed E-state index contributed by atoms with van der Waals surface area (Å²) in [7, 11) is 1.59. The second kappa shape index (κ2) is 6.84. The van der Waals surface area contributed by atoms with Gasteiger partial charge in [-0.3, -0.25) is 4.79 Å². The van der Waals surface area contributed by atoms with Crippen LogP contribution in [0.1, 0.15) is 17.1 Å². The Kier molecular flexibility index (Phi) is 4.61. The zero-order valence-electron chi connectivity index (χ0n) is 13.7. The molecule has 0 saturated carbocycles. The lowest BCUT2D eigenvalue weighted by molar-refractivity contribution is -0.115. The summed E-state index contributed by atoms with van der Waals surface area (Å²) in [5.41, 5.74) is 3.39. The molecule has 6 nitrogen and oxygen atoms in total. The van der Waals surface area contributed by atoms with Crippen molar-refractivity contribution < 1.29 is 9.53 Å². The minimum absolute atomic E-state index is 0.117. The molecule has 1 N–H and O–H groups in total. The van der Waals surface area contributed by atoms with Crippen molar-refractivity contribution in [3.63, 3.8) is 0 Å². The van der Waals surface area contributed by atoms with Gasteiger partial charge in [0.1, 0.15) is 5.75 Å². The monoisotopic (exact) mass is 342 g/mol. The summed E-state index contributed by atoms with van der Waals surface area (Å²) >= 11 is 1.47. The Hall–Kier alpha value is -2.67. The number of anilines is 1. The summed E-state index contributed by atoms with van der Waals surface area (Å²) in [6, 6.07) is 9.26. The zero-order chi connectivity index (χ0) is 17.1. The van der Waals surface area contributed by atoms with Gasteiger partial charge < -0.3 is 10.1 Å². The molecule has 2 heterocycles. The van der Waals surface area contributed by atoms with E-state index in [1.165, 1.54) is 11.3 Å². The van der Waals surface area contributed by atoms with Crippen LogP contribution < -0.4 is 10.1 Å². The summed E-state index contributed by atoms with van der Waals surface area (Å²) in [5, 5.41) is 9.92. The van der Waals surface area contributed by atoms with Gasteiger partial charge >= 0.3 is 0 Å². The Balaban J connectivity index is 1.68. The Bertz CT molecular complexity index is 869. The van der Waals surface area contributed by atoms with Crippen molar-refractivity contribution in [3.05, 3.63) is 52.8 Å². The van der Waals surface area contributed by atoms with E-state index in [2.05, 4.69) is 15.4 Å². The molecule has 0 aliphatic rings. The number of hydrogen-bond acceptors (Lipinski definition) is 5. The molecule has 0 aliphatic carbocycles. The van der Waals surface area contributed by atoms with Crippen molar-refractivity contribution in [1.82, 2.24) is 14.8 Å². The van der Waals surface area contributed by atoms with E-state index in [9.17, 15) is 4.79 Å². The van der Waals surface area contributed by atoms with E-state index >= 15 is 0 Å². The number of carbonyl (C=O) groups is 1. The summed E-state index contributed by atoms with van der Waals surface area (Å²) in [6.45, 7) is 3.93. The maximum atomic E-state index is 12.2. The maximum absolute atomic E-state index is 12.2. The molecule has 24 heavy (non-hydrogen) atoms. The molecule has 7 heteroatoms. The first-order chi connectivity index (χ1) is 11.5. The molecule has 0 radical (unpaired) electrons. The topological polar surface area (TPSA) is 69.0 Å². The molecule has 0 spiro atoms. The lowest BCUT2D eigenvalue weighted by Gasteiger charge is -2.06. The standard InChI is InChI=1S/C17H18N4O2S/c1-11-7-12(2)21(20-11)17-19-14(10-24-17)9-16(22)18-13-5-4-6-15(8-13)23-3/h4-8,10H,9H2,1-3H3,(H,18,22). The smallest absolute Gasteiger partial charge is 0.230 e. The maximum Gasteiger partial charge on any atom is 0.230 e. The second-order valence-corrected chi connectivity index (χ2v) is 6.25. The van der Waals surface area contributed by atoms with E-state index in [0.29, 0.717) is 11.4 Å². The van der Waals surface area contributed by atoms with Crippen LogP contribution in [0.25, 0.3) is 5.13 Å². The van der Waals surface area contributed by atoms with Gasteiger partial charge in [-0.2, -0.15) is 5.10 Å². The van der Waals surface area contributed by atoms with Crippen LogP contribution in [0, 0.1) is 13.8 Å². The molecule has 1 aromatic carbocycles. The number of nitrogens with zero attached hydrogens (tertiary/aromatic N) is 3. The fourth-order valence-electron chi connectivity index (χ4n) is 2.37. The van der Waals surface area contributed by atoms with Crippen molar-refractivity contribution in [2.24, 2.45) is 0 Å². The largest absolute Gasteiger partial charge is 0.497 e. The minimum Gasteiger partial charge on any atom is -0.497 e. The molecule has 1 amide bonds. The highest BCUT2D eigenvalue weighted by atomic mass is 32.1. The van der Waals surface area contributed by atoms with Gasteiger partial charge in [0.25, 0.3) is 0 Å². The molecule has 0 saturated heterocycles. The summed E-state index contributed by atoms with van der Waals surface area (Å²) < 4.78 is 6.94. The van der Waals surface area contributed by atoms with E-state index in [0.717, 1.165) is 22.2 Å². The molecular weight excluding hydrogens is 324 g/mol. The first kappa shape index (κ1) is 16.2. The molecule has 0 fully saturated rings. The van der Waals surface area contributed by atoms with Crippen LogP contribution in [0.15, 0.2) is 35.7 Å². The summed E-state index contributed by atoms with van der Waals surface area (Å²) in [6.07, 6.45) is 0.215. The van der Waals surface area contributed by atoms with Crippen LogP contribution in [-0.4, -0.2) is 27.8 Å². The van der Waals surface area contributed by atoms with Crippen LogP contribution in [0.3, 0.4) is 0 Å². The fraction of sp³-hybridized carbons (Fsp3) is 0.235. The van der Waals surface area contributed by atoms with Crippen molar-refractivity contribution in [2.45, 2.75) is 20.3 Å². The average Bonchev–Trinajstić information content (AvgIpc) is 3.13. The molecule has 0 bridgehead atoms. The number of thiazole rings is 1. The highest BCUT2D eigenvalue weighted by molar-refractivity contribution is 7.12. The normalized spacial score (nSPS) is 10.6. The first-order valence-corrected chi connectivity index (χ1v) is 8.35. The van der Waals surface area contributed by atoms with E-state index in [1.54, 1.807) is 17.9 Å². The predicted octanol–water partition coefficient (Wildman–Crippen LogP) is 3.14. The van der Waals surface area contributed by atoms with E-state index < -0.39 is 0 Å². The number of hydrogen-bond donors (Lipinski definition) is 1. The van der Waals surface area contributed by atoms with Gasteiger partial charge in [-0.1, -0.05) is 6.07 Å². The number of ether oxygens (including phenoxy) is 1. The Morgan fingerprint density at radius 2 is 2.17 bits per heavy atom. The zero-order valence-corrected chi connectivity index (χ0v) is 14.6. The van der Waals surface area contributed by atoms with E-state index in [-0.39, 0.29) is 12.3 Å². The number of carbonyl (C=O) groups excluding carboxylic acids is 1. The molecule has 0 aliphatic heterocycles. The average molecular weight is 342 g/mol. The van der Waals surface area contributed by atoms with Crippen molar-refractivity contribution in [2.75, 3.05) is 12.4 Å². The fourth-order valence-corrected chi connectivity index (χ4v) is 3.20. The molecule has 2 aromatic heterocycles. The van der Waals surface area contributed by atoms with Crippen molar-refractivity contribution in [3.8, 4) is 10.9 Å². The molecule has 3 aromatic rings. The van der Waals surface area contributed by atoms with Gasteiger partial charge in [-0.25, -0.2) is 9.67 Å². The molecular formula is C17H18N4O2S. The third-order valence-corrected chi connectivity index (χ3v) is 4.29. The lowest BCUT2D eigenvalue weighted by Crippen LogP contribution is -2.14. The summed E-state index contributed by atoms with van der Waals surface area (Å²) in [5.74, 6) is 0.585. The van der Waals surface area contributed by atoms with Crippen LogP contribution in [0.5, 0.6) is 5.75 Å². The highest BCUT2D eigenvalue weighted by Crippen LogP contribution is 2.19. The number of benzene rings is 1. The molecule has 3 rings (SSSR count). The Morgan fingerprint density at radius 1 is 1.33 bits per heavy atom. The van der Waals surface area contributed by atoms with Gasteiger partial charge in [-0.05, 0) is 32.0 Å². The van der Waals surface area contributed by atoms with Gasteiger partial charge in [-0.15, -0.1) is 11.3 Å². The third-order valence-electron chi connectivity index (χ3n) is 3.43. The number of nitrogens with one attached hydrogen (secondary N) is 1. The predicted molar refractivity (Wildman–Crippen MR) is 94.0 cm³/mol. The number of aromatic nitrogens is 3. The number of amides is 1. The molecule has 124 valence electrons. The van der Waals surface area contributed by atoms with Crippen LogP contribution in [-0.2, 0) is 11.2 Å². The molecule has 0 unspecified atom stereocenters.